The van der Waals surface area contributed by atoms with E-state index in [-0.39, 0.29) is 11.9 Å². The summed E-state index contributed by atoms with van der Waals surface area (Å²) in [6.45, 7) is 2.14. The number of benzene rings is 1. The average Bonchev–Trinajstić information content (AvgIpc) is 3.45. The summed E-state index contributed by atoms with van der Waals surface area (Å²) in [5, 5.41) is 2.07. The highest BCUT2D eigenvalue weighted by molar-refractivity contribution is 7.13. The molecule has 2 N–H and O–H groups in total. The van der Waals surface area contributed by atoms with Gasteiger partial charge in [-0.05, 0) is 54.5 Å². The molecule has 1 saturated heterocycles. The molecule has 2 aliphatic rings. The summed E-state index contributed by atoms with van der Waals surface area (Å²) in [6.07, 6.45) is 2.77. The summed E-state index contributed by atoms with van der Waals surface area (Å²) in [5.74, 6) is 1.50. The quantitative estimate of drug-likeness (QED) is 0.669. The minimum atomic E-state index is 0.0581. The lowest BCUT2D eigenvalue weighted by atomic mass is 9.95. The Kier molecular flexibility index (Phi) is 5.24. The molecule has 1 amide bonds. The molecule has 1 fully saturated rings. The van der Waals surface area contributed by atoms with E-state index in [9.17, 15) is 4.79 Å². The van der Waals surface area contributed by atoms with Gasteiger partial charge in [0.25, 0.3) is 5.91 Å². The molecule has 2 aliphatic heterocycles. The van der Waals surface area contributed by atoms with E-state index in [1.165, 1.54) is 5.56 Å². The standard InChI is InChI=1S/C24H27N3O3S/c1-29-20-11-15-7-9-27-19(24(28)26-8-3-5-16(25)14-26)12-18(22-6-4-10-31-22)23(27)17(15)13-21(20)30-2/h4,6,10-13,16H,3,5,7-9,14,25H2,1-2H3/t16-/m0/s1. The van der Waals surface area contributed by atoms with Crippen molar-refractivity contribution >= 4 is 17.2 Å². The van der Waals surface area contributed by atoms with Gasteiger partial charge in [0.2, 0.25) is 0 Å². The van der Waals surface area contributed by atoms with Crippen LogP contribution in [0.15, 0.2) is 35.7 Å². The Hall–Kier alpha value is -2.77. The molecule has 2 aromatic heterocycles. The summed E-state index contributed by atoms with van der Waals surface area (Å²) in [5.41, 5.74) is 11.4. The minimum Gasteiger partial charge on any atom is -0.493 e. The molecule has 0 radical (unpaired) electrons. The smallest absolute Gasteiger partial charge is 0.270 e. The van der Waals surface area contributed by atoms with Crippen LogP contribution in [0.2, 0.25) is 0 Å². The predicted molar refractivity (Wildman–Crippen MR) is 123 cm³/mol. The summed E-state index contributed by atoms with van der Waals surface area (Å²) >= 11 is 1.69. The van der Waals surface area contributed by atoms with Gasteiger partial charge in [-0.25, -0.2) is 0 Å². The summed E-state index contributed by atoms with van der Waals surface area (Å²) in [7, 11) is 3.31. The highest BCUT2D eigenvalue weighted by Gasteiger charge is 2.31. The average molecular weight is 438 g/mol. The van der Waals surface area contributed by atoms with Crippen molar-refractivity contribution < 1.29 is 14.3 Å². The van der Waals surface area contributed by atoms with Crippen LogP contribution in [0.1, 0.15) is 28.9 Å². The number of carbonyl (C=O) groups is 1. The number of nitrogens with zero attached hydrogens (tertiary/aromatic N) is 2. The number of fused-ring (bicyclic) bond motifs is 3. The summed E-state index contributed by atoms with van der Waals surface area (Å²) in [4.78, 5) is 16.6. The van der Waals surface area contributed by atoms with Gasteiger partial charge in [0.15, 0.2) is 11.5 Å². The fourth-order valence-electron chi connectivity index (χ4n) is 4.81. The molecular formula is C24H27N3O3S. The Morgan fingerprint density at radius 3 is 2.65 bits per heavy atom. The van der Waals surface area contributed by atoms with Gasteiger partial charge in [-0.15, -0.1) is 11.3 Å². The van der Waals surface area contributed by atoms with Gasteiger partial charge < -0.3 is 24.7 Å². The number of nitrogens with two attached hydrogens (primary N) is 1. The first-order valence-corrected chi connectivity index (χ1v) is 11.6. The summed E-state index contributed by atoms with van der Waals surface area (Å²) < 4.78 is 13.3. The van der Waals surface area contributed by atoms with Gasteiger partial charge in [0, 0.05) is 41.7 Å². The zero-order chi connectivity index (χ0) is 21.5. The van der Waals surface area contributed by atoms with Crippen LogP contribution in [0.25, 0.3) is 21.7 Å². The van der Waals surface area contributed by atoms with E-state index in [0.29, 0.717) is 12.3 Å². The van der Waals surface area contributed by atoms with E-state index in [2.05, 4.69) is 28.1 Å². The van der Waals surface area contributed by atoms with Crippen molar-refractivity contribution in [3.05, 3.63) is 47.0 Å². The number of amides is 1. The van der Waals surface area contributed by atoms with Crippen LogP contribution < -0.4 is 15.2 Å². The highest BCUT2D eigenvalue weighted by Crippen LogP contribution is 2.45. The van der Waals surface area contributed by atoms with Crippen LogP contribution in [0.4, 0.5) is 0 Å². The lowest BCUT2D eigenvalue weighted by molar-refractivity contribution is 0.0698. The maximum absolute atomic E-state index is 13.5. The number of aryl methyl sites for hydroxylation is 1. The van der Waals surface area contributed by atoms with E-state index in [4.69, 9.17) is 15.2 Å². The largest absolute Gasteiger partial charge is 0.493 e. The van der Waals surface area contributed by atoms with Gasteiger partial charge in [-0.2, -0.15) is 0 Å². The third kappa shape index (κ3) is 3.42. The van der Waals surface area contributed by atoms with Crippen LogP contribution in [-0.4, -0.2) is 48.7 Å². The number of hydrogen-bond acceptors (Lipinski definition) is 5. The number of hydrogen-bond donors (Lipinski definition) is 1. The Morgan fingerprint density at radius 1 is 1.13 bits per heavy atom. The lowest BCUT2D eigenvalue weighted by Gasteiger charge is -2.31. The Morgan fingerprint density at radius 2 is 1.94 bits per heavy atom. The second-order valence-corrected chi connectivity index (χ2v) is 9.14. The van der Waals surface area contributed by atoms with Crippen molar-refractivity contribution in [2.45, 2.75) is 31.8 Å². The first-order chi connectivity index (χ1) is 15.1. The second-order valence-electron chi connectivity index (χ2n) is 8.19. The maximum Gasteiger partial charge on any atom is 0.270 e. The summed E-state index contributed by atoms with van der Waals surface area (Å²) in [6, 6.07) is 10.4. The number of aromatic nitrogens is 1. The zero-order valence-corrected chi connectivity index (χ0v) is 18.7. The van der Waals surface area contributed by atoms with Gasteiger partial charge in [0.05, 0.1) is 19.9 Å². The number of likely N-dealkylation sites (tertiary alicyclic amines) is 1. The number of thiophene rings is 1. The van der Waals surface area contributed by atoms with E-state index in [1.54, 1.807) is 25.6 Å². The molecule has 0 unspecified atom stereocenters. The van der Waals surface area contributed by atoms with Crippen molar-refractivity contribution in [1.29, 1.82) is 0 Å². The molecule has 6 nitrogen and oxygen atoms in total. The molecule has 5 rings (SSSR count). The van der Waals surface area contributed by atoms with Gasteiger partial charge in [0.1, 0.15) is 5.69 Å². The van der Waals surface area contributed by atoms with Crippen molar-refractivity contribution in [2.75, 3.05) is 27.3 Å². The monoisotopic (exact) mass is 437 g/mol. The fraction of sp³-hybridized carbons (Fsp3) is 0.375. The third-order valence-corrected chi connectivity index (χ3v) is 7.22. The molecular weight excluding hydrogens is 410 g/mol. The number of rotatable bonds is 4. The first kappa shape index (κ1) is 20.2. The zero-order valence-electron chi connectivity index (χ0n) is 17.9. The SMILES string of the molecule is COc1cc2c(cc1OC)-c1c(-c3cccs3)cc(C(=O)N3CCC[C@H](N)C3)n1CC2. The van der Waals surface area contributed by atoms with Gasteiger partial charge in [-0.1, -0.05) is 6.07 Å². The number of carbonyl (C=O) groups excluding carboxylic acids is 1. The molecule has 0 aliphatic carbocycles. The van der Waals surface area contributed by atoms with Crippen LogP contribution in [-0.2, 0) is 13.0 Å². The van der Waals surface area contributed by atoms with Crippen molar-refractivity contribution in [3.8, 4) is 33.2 Å². The lowest BCUT2D eigenvalue weighted by Crippen LogP contribution is -2.46. The van der Waals surface area contributed by atoms with E-state index in [1.807, 2.05) is 17.0 Å². The van der Waals surface area contributed by atoms with E-state index in [0.717, 1.165) is 65.5 Å². The predicted octanol–water partition coefficient (Wildman–Crippen LogP) is 4.02. The molecule has 3 aromatic rings. The molecule has 162 valence electrons. The second kappa shape index (κ2) is 8.05. The van der Waals surface area contributed by atoms with Crippen LogP contribution in [0.5, 0.6) is 11.5 Å². The highest BCUT2D eigenvalue weighted by atomic mass is 32.1. The number of methoxy groups -OCH3 is 2. The van der Waals surface area contributed by atoms with Gasteiger partial charge >= 0.3 is 0 Å². The normalized spacial score (nSPS) is 17.8. The minimum absolute atomic E-state index is 0.0581. The molecule has 0 saturated carbocycles. The van der Waals surface area contributed by atoms with E-state index < -0.39 is 0 Å². The van der Waals surface area contributed by atoms with Crippen molar-refractivity contribution in [2.24, 2.45) is 5.73 Å². The Balaban J connectivity index is 1.67. The molecule has 1 aromatic carbocycles. The van der Waals surface area contributed by atoms with Crippen LogP contribution >= 0.6 is 11.3 Å². The van der Waals surface area contributed by atoms with Crippen molar-refractivity contribution in [1.82, 2.24) is 9.47 Å². The fourth-order valence-corrected chi connectivity index (χ4v) is 5.55. The molecule has 0 bridgehead atoms. The Bertz CT molecular complexity index is 1120. The number of piperidine rings is 1. The van der Waals surface area contributed by atoms with Crippen molar-refractivity contribution in [3.63, 3.8) is 0 Å². The molecule has 4 heterocycles. The topological polar surface area (TPSA) is 69.7 Å². The first-order valence-electron chi connectivity index (χ1n) is 10.7. The molecule has 31 heavy (non-hydrogen) atoms. The van der Waals surface area contributed by atoms with Crippen LogP contribution in [0.3, 0.4) is 0 Å². The van der Waals surface area contributed by atoms with Gasteiger partial charge in [-0.3, -0.25) is 4.79 Å². The third-order valence-electron chi connectivity index (χ3n) is 6.32. The van der Waals surface area contributed by atoms with E-state index >= 15 is 0 Å². The molecule has 7 heteroatoms. The molecule has 0 spiro atoms. The molecule has 1 atom stereocenters. The Labute approximate surface area is 186 Å². The maximum atomic E-state index is 13.5. The number of ether oxygens (including phenoxy) is 2. The van der Waals surface area contributed by atoms with Crippen LogP contribution in [0, 0.1) is 0 Å².